The summed E-state index contributed by atoms with van der Waals surface area (Å²) in [6.07, 6.45) is 1.12. The first-order valence-electron chi connectivity index (χ1n) is 8.44. The SMILES string of the molecule is O=C(O)CC1COCCN1Cc1ccc2c(c1)Cc1ccccc1-2. The maximum absolute atomic E-state index is 11.1. The molecule has 1 N–H and O–H groups in total. The van der Waals surface area contributed by atoms with E-state index in [9.17, 15) is 4.79 Å². The van der Waals surface area contributed by atoms with Crippen molar-refractivity contribution in [2.45, 2.75) is 25.4 Å². The lowest BCUT2D eigenvalue weighted by atomic mass is 10.0. The molecule has 4 nitrogen and oxygen atoms in total. The first-order chi connectivity index (χ1) is 11.7. The van der Waals surface area contributed by atoms with E-state index in [2.05, 4.69) is 47.4 Å². The van der Waals surface area contributed by atoms with E-state index in [-0.39, 0.29) is 12.5 Å². The second-order valence-electron chi connectivity index (χ2n) is 6.62. The summed E-state index contributed by atoms with van der Waals surface area (Å²) < 4.78 is 5.46. The number of hydrogen-bond acceptors (Lipinski definition) is 3. The van der Waals surface area contributed by atoms with E-state index < -0.39 is 5.97 Å². The first-order valence-corrected chi connectivity index (χ1v) is 8.44. The van der Waals surface area contributed by atoms with E-state index in [1.165, 1.54) is 27.8 Å². The number of aliphatic carboxylic acids is 1. The van der Waals surface area contributed by atoms with Crippen molar-refractivity contribution in [3.8, 4) is 11.1 Å². The van der Waals surface area contributed by atoms with Crippen LogP contribution < -0.4 is 0 Å². The van der Waals surface area contributed by atoms with Gasteiger partial charge in [-0.25, -0.2) is 0 Å². The van der Waals surface area contributed by atoms with Crippen molar-refractivity contribution in [1.29, 1.82) is 0 Å². The highest BCUT2D eigenvalue weighted by atomic mass is 16.5. The maximum Gasteiger partial charge on any atom is 0.305 e. The van der Waals surface area contributed by atoms with Crippen molar-refractivity contribution in [2.75, 3.05) is 19.8 Å². The van der Waals surface area contributed by atoms with E-state index in [1.807, 2.05) is 0 Å². The summed E-state index contributed by atoms with van der Waals surface area (Å²) in [7, 11) is 0. The molecule has 1 fully saturated rings. The Hall–Kier alpha value is -2.17. The Bertz CT molecular complexity index is 771. The summed E-state index contributed by atoms with van der Waals surface area (Å²) in [5.74, 6) is -0.764. The van der Waals surface area contributed by atoms with Gasteiger partial charge in [-0.05, 0) is 34.2 Å². The number of morpholine rings is 1. The largest absolute Gasteiger partial charge is 0.481 e. The minimum absolute atomic E-state index is 0.0401. The van der Waals surface area contributed by atoms with Crippen LogP contribution in [0, 0.1) is 0 Å². The van der Waals surface area contributed by atoms with Gasteiger partial charge < -0.3 is 9.84 Å². The number of carboxylic acid groups (broad SMARTS) is 1. The number of rotatable bonds is 4. The topological polar surface area (TPSA) is 49.8 Å². The molecule has 0 spiro atoms. The normalized spacial score (nSPS) is 19.8. The third-order valence-corrected chi connectivity index (χ3v) is 5.00. The minimum atomic E-state index is -0.764. The van der Waals surface area contributed by atoms with Crippen molar-refractivity contribution in [3.05, 3.63) is 59.2 Å². The van der Waals surface area contributed by atoms with Crippen LogP contribution in [0.3, 0.4) is 0 Å². The van der Waals surface area contributed by atoms with Gasteiger partial charge in [0.05, 0.1) is 19.6 Å². The molecule has 0 saturated carbocycles. The first kappa shape index (κ1) is 15.4. The summed E-state index contributed by atoms with van der Waals surface area (Å²) in [4.78, 5) is 13.3. The molecule has 0 radical (unpaired) electrons. The lowest BCUT2D eigenvalue weighted by molar-refractivity contribution is -0.140. The van der Waals surface area contributed by atoms with Gasteiger partial charge in [0.25, 0.3) is 0 Å². The summed E-state index contributed by atoms with van der Waals surface area (Å²) in [6.45, 7) is 2.75. The molecule has 2 aliphatic rings. The van der Waals surface area contributed by atoms with Crippen molar-refractivity contribution in [2.24, 2.45) is 0 Å². The van der Waals surface area contributed by atoms with E-state index in [1.54, 1.807) is 0 Å². The molecule has 0 bridgehead atoms. The maximum atomic E-state index is 11.1. The summed E-state index contributed by atoms with van der Waals surface area (Å²) in [5, 5.41) is 9.09. The second kappa shape index (κ2) is 6.38. The Labute approximate surface area is 141 Å². The summed E-state index contributed by atoms with van der Waals surface area (Å²) >= 11 is 0. The average molecular weight is 323 g/mol. The molecule has 1 unspecified atom stereocenters. The van der Waals surface area contributed by atoms with Crippen molar-refractivity contribution >= 4 is 5.97 Å². The van der Waals surface area contributed by atoms with Gasteiger partial charge >= 0.3 is 5.97 Å². The Morgan fingerprint density at radius 2 is 2.00 bits per heavy atom. The molecule has 0 amide bonds. The zero-order valence-electron chi connectivity index (χ0n) is 13.6. The Morgan fingerprint density at radius 1 is 1.17 bits per heavy atom. The Balaban J connectivity index is 1.53. The van der Waals surface area contributed by atoms with Gasteiger partial charge in [0.1, 0.15) is 0 Å². The third kappa shape index (κ3) is 2.95. The average Bonchev–Trinajstić information content (AvgIpc) is 2.94. The van der Waals surface area contributed by atoms with Gasteiger partial charge in [-0.2, -0.15) is 0 Å². The quantitative estimate of drug-likeness (QED) is 0.802. The summed E-state index contributed by atoms with van der Waals surface area (Å²) in [5.41, 5.74) is 6.68. The van der Waals surface area contributed by atoms with Crippen LogP contribution in [0.15, 0.2) is 42.5 Å². The van der Waals surface area contributed by atoms with Gasteiger partial charge in [-0.15, -0.1) is 0 Å². The number of ether oxygens (including phenoxy) is 1. The van der Waals surface area contributed by atoms with Crippen LogP contribution in [-0.4, -0.2) is 41.8 Å². The summed E-state index contributed by atoms with van der Waals surface area (Å²) in [6, 6.07) is 15.2. The van der Waals surface area contributed by atoms with Crippen LogP contribution in [0.25, 0.3) is 11.1 Å². The molecular weight excluding hydrogens is 302 g/mol. The second-order valence-corrected chi connectivity index (χ2v) is 6.62. The molecule has 2 aromatic carbocycles. The predicted octanol–water partition coefficient (Wildman–Crippen LogP) is 2.93. The molecule has 4 heteroatoms. The lowest BCUT2D eigenvalue weighted by Crippen LogP contribution is -2.45. The van der Waals surface area contributed by atoms with E-state index >= 15 is 0 Å². The highest BCUT2D eigenvalue weighted by molar-refractivity contribution is 5.76. The highest BCUT2D eigenvalue weighted by Crippen LogP contribution is 2.36. The fourth-order valence-electron chi connectivity index (χ4n) is 3.82. The van der Waals surface area contributed by atoms with Crippen LogP contribution in [-0.2, 0) is 22.5 Å². The van der Waals surface area contributed by atoms with E-state index in [0.717, 1.165) is 19.5 Å². The molecule has 124 valence electrons. The molecule has 1 atom stereocenters. The van der Waals surface area contributed by atoms with Gasteiger partial charge in [-0.3, -0.25) is 9.69 Å². The fourth-order valence-corrected chi connectivity index (χ4v) is 3.82. The molecule has 2 aromatic rings. The fraction of sp³-hybridized carbons (Fsp3) is 0.350. The number of benzene rings is 2. The van der Waals surface area contributed by atoms with E-state index in [0.29, 0.717) is 13.2 Å². The number of carboxylic acids is 1. The molecule has 24 heavy (non-hydrogen) atoms. The number of fused-ring (bicyclic) bond motifs is 3. The van der Waals surface area contributed by atoms with Crippen molar-refractivity contribution < 1.29 is 14.6 Å². The predicted molar refractivity (Wildman–Crippen MR) is 92.0 cm³/mol. The van der Waals surface area contributed by atoms with Crippen LogP contribution >= 0.6 is 0 Å². The third-order valence-electron chi connectivity index (χ3n) is 5.00. The van der Waals surface area contributed by atoms with Crippen LogP contribution in [0.2, 0.25) is 0 Å². The zero-order valence-corrected chi connectivity index (χ0v) is 13.6. The highest BCUT2D eigenvalue weighted by Gasteiger charge is 2.26. The van der Waals surface area contributed by atoms with Crippen LogP contribution in [0.4, 0.5) is 0 Å². The molecule has 1 saturated heterocycles. The number of carbonyl (C=O) groups is 1. The zero-order chi connectivity index (χ0) is 16.5. The Morgan fingerprint density at radius 3 is 2.88 bits per heavy atom. The molecule has 1 heterocycles. The smallest absolute Gasteiger partial charge is 0.305 e. The van der Waals surface area contributed by atoms with Crippen LogP contribution in [0.5, 0.6) is 0 Å². The van der Waals surface area contributed by atoms with Crippen molar-refractivity contribution in [3.63, 3.8) is 0 Å². The van der Waals surface area contributed by atoms with Gasteiger partial charge in [0, 0.05) is 19.1 Å². The minimum Gasteiger partial charge on any atom is -0.481 e. The van der Waals surface area contributed by atoms with Gasteiger partial charge in [-0.1, -0.05) is 42.5 Å². The molecule has 0 aromatic heterocycles. The molecule has 1 aliphatic carbocycles. The Kier molecular flexibility index (Phi) is 4.08. The standard InChI is InChI=1S/C20H21NO3/c22-20(23)11-17-13-24-8-7-21(17)12-14-5-6-19-16(9-14)10-15-3-1-2-4-18(15)19/h1-6,9,17H,7-8,10-13H2,(H,22,23). The molecular formula is C20H21NO3. The lowest BCUT2D eigenvalue weighted by Gasteiger charge is -2.34. The van der Waals surface area contributed by atoms with Crippen molar-refractivity contribution in [1.82, 2.24) is 4.90 Å². The molecule has 1 aliphatic heterocycles. The van der Waals surface area contributed by atoms with Crippen LogP contribution in [0.1, 0.15) is 23.1 Å². The van der Waals surface area contributed by atoms with Gasteiger partial charge in [0.15, 0.2) is 0 Å². The monoisotopic (exact) mass is 323 g/mol. The van der Waals surface area contributed by atoms with E-state index in [4.69, 9.17) is 9.84 Å². The number of nitrogens with zero attached hydrogens (tertiary/aromatic N) is 1. The number of hydrogen-bond donors (Lipinski definition) is 1. The van der Waals surface area contributed by atoms with Gasteiger partial charge in [0.2, 0.25) is 0 Å². The molecule has 4 rings (SSSR count).